The standard InChI is InChI=1S/C17H18FN5O2/c1-9-19-16(22-21-9)15-6-10(25-2)8-23(15)17(24)14-7-11-12(18)4-3-5-13(11)20-14/h3-5,7,10,15,20H,6,8H2,1-2H3,(H,19,21,22)/t10-,15+/m1/s1. The van der Waals surface area contributed by atoms with Gasteiger partial charge in [-0.25, -0.2) is 9.37 Å². The molecule has 25 heavy (non-hydrogen) atoms. The van der Waals surface area contributed by atoms with E-state index >= 15 is 0 Å². The Morgan fingerprint density at radius 2 is 2.28 bits per heavy atom. The number of benzene rings is 1. The quantitative estimate of drug-likeness (QED) is 0.764. The van der Waals surface area contributed by atoms with Crippen molar-refractivity contribution in [2.24, 2.45) is 0 Å². The number of aryl methyl sites for hydroxylation is 1. The molecular weight excluding hydrogens is 325 g/mol. The number of hydrogen-bond donors (Lipinski definition) is 2. The summed E-state index contributed by atoms with van der Waals surface area (Å²) in [5.74, 6) is 0.677. The Kier molecular flexibility index (Phi) is 3.76. The normalized spacial score (nSPS) is 20.5. The molecule has 2 atom stereocenters. The second-order valence-electron chi connectivity index (χ2n) is 6.23. The van der Waals surface area contributed by atoms with Crippen LogP contribution >= 0.6 is 0 Å². The summed E-state index contributed by atoms with van der Waals surface area (Å²) in [6, 6.07) is 6.00. The van der Waals surface area contributed by atoms with Gasteiger partial charge >= 0.3 is 0 Å². The molecule has 2 N–H and O–H groups in total. The number of ether oxygens (including phenoxy) is 1. The first-order valence-electron chi connectivity index (χ1n) is 8.06. The van der Waals surface area contributed by atoms with E-state index in [2.05, 4.69) is 20.2 Å². The number of H-pyrrole nitrogens is 2. The zero-order valence-corrected chi connectivity index (χ0v) is 13.9. The number of carbonyl (C=O) groups is 1. The Morgan fingerprint density at radius 1 is 1.44 bits per heavy atom. The van der Waals surface area contributed by atoms with Crippen LogP contribution in [0, 0.1) is 12.7 Å². The second kappa shape index (κ2) is 5.96. The van der Waals surface area contributed by atoms with E-state index in [0.29, 0.717) is 41.2 Å². The monoisotopic (exact) mass is 343 g/mol. The molecule has 2 aromatic heterocycles. The lowest BCUT2D eigenvalue weighted by Crippen LogP contribution is -2.32. The highest BCUT2D eigenvalue weighted by Crippen LogP contribution is 2.33. The Balaban J connectivity index is 1.69. The molecule has 0 unspecified atom stereocenters. The highest BCUT2D eigenvalue weighted by Gasteiger charge is 2.39. The van der Waals surface area contributed by atoms with E-state index in [-0.39, 0.29) is 23.9 Å². The summed E-state index contributed by atoms with van der Waals surface area (Å²) in [6.45, 7) is 2.25. The molecule has 0 radical (unpaired) electrons. The van der Waals surface area contributed by atoms with Gasteiger partial charge in [0, 0.05) is 31.0 Å². The van der Waals surface area contributed by atoms with Crippen LogP contribution in [0.4, 0.5) is 4.39 Å². The number of nitrogens with one attached hydrogen (secondary N) is 2. The van der Waals surface area contributed by atoms with Crippen LogP contribution < -0.4 is 0 Å². The van der Waals surface area contributed by atoms with Gasteiger partial charge in [-0.1, -0.05) is 6.07 Å². The second-order valence-corrected chi connectivity index (χ2v) is 6.23. The largest absolute Gasteiger partial charge is 0.380 e. The molecule has 1 aromatic carbocycles. The van der Waals surface area contributed by atoms with Crippen molar-refractivity contribution >= 4 is 16.8 Å². The van der Waals surface area contributed by atoms with Crippen LogP contribution in [0.3, 0.4) is 0 Å². The average Bonchev–Trinajstić information content (AvgIpc) is 3.31. The zero-order valence-electron chi connectivity index (χ0n) is 13.9. The third kappa shape index (κ3) is 2.68. The maximum atomic E-state index is 13.9. The summed E-state index contributed by atoms with van der Waals surface area (Å²) in [4.78, 5) is 22.1. The van der Waals surface area contributed by atoms with Gasteiger partial charge in [-0.3, -0.25) is 9.89 Å². The lowest BCUT2D eigenvalue weighted by molar-refractivity contribution is 0.0679. The molecule has 1 aliphatic heterocycles. The van der Waals surface area contributed by atoms with Gasteiger partial charge in [0.15, 0.2) is 5.82 Å². The van der Waals surface area contributed by atoms with Crippen molar-refractivity contribution in [2.45, 2.75) is 25.5 Å². The van der Waals surface area contributed by atoms with E-state index in [9.17, 15) is 9.18 Å². The van der Waals surface area contributed by atoms with Crippen LogP contribution in [-0.4, -0.2) is 50.7 Å². The lowest BCUT2D eigenvalue weighted by Gasteiger charge is -2.21. The first-order valence-corrected chi connectivity index (χ1v) is 8.06. The molecule has 1 fully saturated rings. The van der Waals surface area contributed by atoms with Crippen LogP contribution in [0.2, 0.25) is 0 Å². The summed E-state index contributed by atoms with van der Waals surface area (Å²) in [6.07, 6.45) is 0.530. The fraction of sp³-hybridized carbons (Fsp3) is 0.353. The molecule has 7 nitrogen and oxygen atoms in total. The summed E-state index contributed by atoms with van der Waals surface area (Å²) in [5.41, 5.74) is 0.935. The molecule has 1 saturated heterocycles. The van der Waals surface area contributed by atoms with Crippen molar-refractivity contribution in [1.29, 1.82) is 0 Å². The minimum atomic E-state index is -0.356. The summed E-state index contributed by atoms with van der Waals surface area (Å²) >= 11 is 0. The number of carbonyl (C=O) groups excluding carboxylic acids is 1. The van der Waals surface area contributed by atoms with Crippen molar-refractivity contribution in [3.05, 3.63) is 47.4 Å². The number of amides is 1. The first-order chi connectivity index (χ1) is 12.1. The Hall–Kier alpha value is -2.74. The predicted octanol–water partition coefficient (Wildman–Crippen LogP) is 2.34. The van der Waals surface area contributed by atoms with E-state index in [4.69, 9.17) is 4.74 Å². The van der Waals surface area contributed by atoms with E-state index in [1.165, 1.54) is 6.07 Å². The van der Waals surface area contributed by atoms with Gasteiger partial charge in [-0.2, -0.15) is 5.10 Å². The van der Waals surface area contributed by atoms with Gasteiger partial charge in [0.05, 0.1) is 12.1 Å². The van der Waals surface area contributed by atoms with Crippen LogP contribution in [0.5, 0.6) is 0 Å². The topological polar surface area (TPSA) is 86.9 Å². The number of halogens is 1. The van der Waals surface area contributed by atoms with Gasteiger partial charge in [-0.15, -0.1) is 0 Å². The molecule has 3 aromatic rings. The molecule has 1 aliphatic rings. The zero-order chi connectivity index (χ0) is 17.6. The molecule has 8 heteroatoms. The summed E-state index contributed by atoms with van der Waals surface area (Å²) < 4.78 is 19.3. The van der Waals surface area contributed by atoms with Gasteiger partial charge in [-0.05, 0) is 25.1 Å². The molecule has 0 bridgehead atoms. The fourth-order valence-electron chi connectivity index (χ4n) is 3.33. The number of methoxy groups -OCH3 is 1. The molecule has 0 aliphatic carbocycles. The predicted molar refractivity (Wildman–Crippen MR) is 88.6 cm³/mol. The number of likely N-dealkylation sites (tertiary alicyclic amines) is 1. The van der Waals surface area contributed by atoms with E-state index < -0.39 is 0 Å². The smallest absolute Gasteiger partial charge is 0.271 e. The van der Waals surface area contributed by atoms with Gasteiger partial charge in [0.25, 0.3) is 5.91 Å². The van der Waals surface area contributed by atoms with Crippen molar-refractivity contribution in [1.82, 2.24) is 25.1 Å². The molecule has 0 spiro atoms. The van der Waals surface area contributed by atoms with Crippen LogP contribution in [-0.2, 0) is 4.74 Å². The molecule has 0 saturated carbocycles. The van der Waals surface area contributed by atoms with Crippen molar-refractivity contribution < 1.29 is 13.9 Å². The average molecular weight is 343 g/mol. The molecule has 3 heterocycles. The molecule has 1 amide bonds. The minimum Gasteiger partial charge on any atom is -0.380 e. The number of hydrogen-bond acceptors (Lipinski definition) is 4. The first kappa shape index (κ1) is 15.8. The number of fused-ring (bicyclic) bond motifs is 1. The Morgan fingerprint density at radius 3 is 2.96 bits per heavy atom. The molecule has 130 valence electrons. The Labute approximate surface area is 143 Å². The van der Waals surface area contributed by atoms with Crippen molar-refractivity contribution in [3.63, 3.8) is 0 Å². The summed E-state index contributed by atoms with van der Waals surface area (Å²) in [5, 5.41) is 7.40. The van der Waals surface area contributed by atoms with E-state index in [1.807, 2.05) is 6.92 Å². The SMILES string of the molecule is CO[C@@H]1C[C@@H](c2n[nH]c(C)n2)N(C(=O)c2cc3c(F)cccc3[nH]2)C1. The Bertz CT molecular complexity index is 934. The third-order valence-electron chi connectivity index (χ3n) is 4.61. The van der Waals surface area contributed by atoms with Gasteiger partial charge in [0.2, 0.25) is 0 Å². The number of nitrogens with zero attached hydrogens (tertiary/aromatic N) is 3. The number of aromatic amines is 2. The highest BCUT2D eigenvalue weighted by atomic mass is 19.1. The lowest BCUT2D eigenvalue weighted by atomic mass is 10.2. The minimum absolute atomic E-state index is 0.0890. The third-order valence-corrected chi connectivity index (χ3v) is 4.61. The van der Waals surface area contributed by atoms with Crippen LogP contribution in [0.25, 0.3) is 10.9 Å². The fourth-order valence-corrected chi connectivity index (χ4v) is 3.33. The molecule has 4 rings (SSSR count). The summed E-state index contributed by atoms with van der Waals surface area (Å²) in [7, 11) is 1.62. The van der Waals surface area contributed by atoms with Gasteiger partial charge in [0.1, 0.15) is 17.3 Å². The maximum Gasteiger partial charge on any atom is 0.271 e. The van der Waals surface area contributed by atoms with E-state index in [1.54, 1.807) is 30.2 Å². The van der Waals surface area contributed by atoms with Crippen LogP contribution in [0.1, 0.15) is 34.6 Å². The maximum absolute atomic E-state index is 13.9. The van der Waals surface area contributed by atoms with Crippen molar-refractivity contribution in [3.8, 4) is 0 Å². The molecular formula is C17H18FN5O2. The van der Waals surface area contributed by atoms with Crippen molar-refractivity contribution in [2.75, 3.05) is 13.7 Å². The number of aromatic nitrogens is 4. The number of rotatable bonds is 3. The van der Waals surface area contributed by atoms with Crippen LogP contribution in [0.15, 0.2) is 24.3 Å². The van der Waals surface area contributed by atoms with E-state index in [0.717, 1.165) is 0 Å². The van der Waals surface area contributed by atoms with Gasteiger partial charge < -0.3 is 14.6 Å². The highest BCUT2D eigenvalue weighted by molar-refractivity contribution is 5.98.